The van der Waals surface area contributed by atoms with Gasteiger partial charge in [-0.05, 0) is 67.6 Å². The number of piperazine rings is 1. The number of ether oxygens (including phenoxy) is 4. The summed E-state index contributed by atoms with van der Waals surface area (Å²) in [4.78, 5) is 21.3. The molecule has 4 heterocycles. The number of benzene rings is 3. The first-order valence-electron chi connectivity index (χ1n) is 16.6. The van der Waals surface area contributed by atoms with Crippen molar-refractivity contribution in [3.05, 3.63) is 113 Å². The van der Waals surface area contributed by atoms with Crippen molar-refractivity contribution in [2.24, 2.45) is 0 Å². The van der Waals surface area contributed by atoms with Crippen LogP contribution in [0.3, 0.4) is 0 Å². The normalized spacial score (nSPS) is 19.3. The topological polar surface area (TPSA) is 114 Å². The van der Waals surface area contributed by atoms with Crippen LogP contribution in [0.1, 0.15) is 12.5 Å². The molecule has 0 aliphatic carbocycles. The van der Waals surface area contributed by atoms with Crippen LogP contribution in [0.5, 0.6) is 5.75 Å². The number of hydrogen-bond acceptors (Lipinski definition) is 10. The van der Waals surface area contributed by atoms with Gasteiger partial charge >= 0.3 is 5.69 Å². The van der Waals surface area contributed by atoms with E-state index in [1.807, 2.05) is 55.5 Å². The van der Waals surface area contributed by atoms with Crippen molar-refractivity contribution in [2.75, 3.05) is 62.4 Å². The SMILES string of the molecule is CCOCCn1ncn(-c2ccc(N3CCN(c4ccc(OC[C@@H]5CO[C@@](Cn6cncn6)(c6ccc(F)cc6F)O5)cc4)CC3)cc2)c1=O. The van der Waals surface area contributed by atoms with E-state index in [1.165, 1.54) is 34.2 Å². The van der Waals surface area contributed by atoms with E-state index in [4.69, 9.17) is 18.9 Å². The monoisotopic (exact) mass is 688 g/mol. The number of anilines is 2. The number of nitrogens with zero attached hydrogens (tertiary/aromatic N) is 8. The number of aromatic nitrogens is 6. The second kappa shape index (κ2) is 14.8. The predicted molar refractivity (Wildman–Crippen MR) is 180 cm³/mol. The number of rotatable bonds is 13. The lowest BCUT2D eigenvalue weighted by molar-refractivity contribution is -0.192. The molecule has 0 radical (unpaired) electrons. The first kappa shape index (κ1) is 33.4. The Kier molecular flexibility index (Phi) is 9.87. The molecule has 7 rings (SSSR count). The second-order valence-electron chi connectivity index (χ2n) is 12.0. The summed E-state index contributed by atoms with van der Waals surface area (Å²) in [5.41, 5.74) is 2.84. The average molecular weight is 689 g/mol. The van der Waals surface area contributed by atoms with Crippen LogP contribution in [0.25, 0.3) is 5.69 Å². The minimum atomic E-state index is -1.51. The predicted octanol–water partition coefficient (Wildman–Crippen LogP) is 3.61. The van der Waals surface area contributed by atoms with Gasteiger partial charge in [0.15, 0.2) is 0 Å². The number of halogens is 2. The third-order valence-electron chi connectivity index (χ3n) is 8.83. The van der Waals surface area contributed by atoms with Crippen LogP contribution in [0.4, 0.5) is 20.2 Å². The Morgan fingerprint density at radius 1 is 0.900 bits per heavy atom. The van der Waals surface area contributed by atoms with E-state index in [2.05, 4.69) is 25.0 Å². The third-order valence-corrected chi connectivity index (χ3v) is 8.83. The van der Waals surface area contributed by atoms with Gasteiger partial charge in [0.25, 0.3) is 0 Å². The van der Waals surface area contributed by atoms with E-state index in [0.29, 0.717) is 25.5 Å². The molecule has 0 amide bonds. The summed E-state index contributed by atoms with van der Waals surface area (Å²) in [5, 5.41) is 8.31. The van der Waals surface area contributed by atoms with Gasteiger partial charge in [0, 0.05) is 55.8 Å². The van der Waals surface area contributed by atoms with E-state index in [-0.39, 0.29) is 31.0 Å². The molecule has 3 aromatic carbocycles. The Bertz CT molecular complexity index is 1910. The molecule has 2 aromatic heterocycles. The largest absolute Gasteiger partial charge is 0.491 e. The standard InChI is InChI=1S/C35H38F2N8O5/c1-2-47-18-17-45-34(46)44(25-40-45)29-6-4-27(5-7-29)41-13-15-42(16-14-41)28-8-10-30(11-9-28)48-20-31-21-49-35(50-31,22-43-24-38-23-39-43)32-12-3-26(36)19-33(32)37/h3-12,19,23-25,31H,2,13-18,20-22H2,1H3/t31-,35-/m1/s1. The van der Waals surface area contributed by atoms with Gasteiger partial charge in [0.1, 0.15) is 55.6 Å². The highest BCUT2D eigenvalue weighted by Gasteiger charge is 2.46. The van der Waals surface area contributed by atoms with Gasteiger partial charge in [-0.25, -0.2) is 32.5 Å². The Morgan fingerprint density at radius 2 is 1.60 bits per heavy atom. The maximum atomic E-state index is 14.9. The average Bonchev–Trinajstić information content (AvgIpc) is 3.89. The molecule has 262 valence electrons. The highest BCUT2D eigenvalue weighted by Crippen LogP contribution is 2.38. The fourth-order valence-electron chi connectivity index (χ4n) is 6.23. The Balaban J connectivity index is 0.912. The second-order valence-corrected chi connectivity index (χ2v) is 12.0. The molecular formula is C35H38F2N8O5. The van der Waals surface area contributed by atoms with E-state index >= 15 is 0 Å². The Hall–Kier alpha value is -5.12. The Labute approximate surface area is 287 Å². The first-order valence-corrected chi connectivity index (χ1v) is 16.6. The van der Waals surface area contributed by atoms with E-state index < -0.39 is 23.5 Å². The van der Waals surface area contributed by atoms with Crippen molar-refractivity contribution >= 4 is 11.4 Å². The molecule has 2 atom stereocenters. The zero-order valence-corrected chi connectivity index (χ0v) is 27.6. The molecular weight excluding hydrogens is 650 g/mol. The molecule has 2 saturated heterocycles. The lowest BCUT2D eigenvalue weighted by Crippen LogP contribution is -2.46. The molecule has 0 spiro atoms. The van der Waals surface area contributed by atoms with E-state index in [1.54, 1.807) is 10.9 Å². The maximum absolute atomic E-state index is 14.9. The molecule has 13 nitrogen and oxygen atoms in total. The first-order chi connectivity index (χ1) is 24.4. The van der Waals surface area contributed by atoms with Crippen molar-refractivity contribution in [1.82, 2.24) is 29.1 Å². The lowest BCUT2D eigenvalue weighted by atomic mass is 10.0. The fraction of sp³-hybridized carbons (Fsp3) is 0.371. The van der Waals surface area contributed by atoms with Crippen LogP contribution < -0.4 is 20.2 Å². The summed E-state index contributed by atoms with van der Waals surface area (Å²) in [6, 6.07) is 19.2. The highest BCUT2D eigenvalue weighted by molar-refractivity contribution is 5.54. The molecule has 0 N–H and O–H groups in total. The summed E-state index contributed by atoms with van der Waals surface area (Å²) < 4.78 is 56.6. The van der Waals surface area contributed by atoms with Crippen LogP contribution in [-0.4, -0.2) is 87.8 Å². The lowest BCUT2D eigenvalue weighted by Gasteiger charge is -2.37. The molecule has 2 aliphatic heterocycles. The maximum Gasteiger partial charge on any atom is 0.350 e. The summed E-state index contributed by atoms with van der Waals surface area (Å²) in [6.07, 6.45) is 3.88. The van der Waals surface area contributed by atoms with Crippen LogP contribution in [0, 0.1) is 11.6 Å². The van der Waals surface area contributed by atoms with E-state index in [0.717, 1.165) is 49.3 Å². The van der Waals surface area contributed by atoms with Crippen LogP contribution in [0.2, 0.25) is 0 Å². The van der Waals surface area contributed by atoms with Crippen molar-refractivity contribution in [3.8, 4) is 11.4 Å². The zero-order valence-electron chi connectivity index (χ0n) is 27.6. The highest BCUT2D eigenvalue weighted by atomic mass is 19.1. The zero-order chi connectivity index (χ0) is 34.5. The van der Waals surface area contributed by atoms with Gasteiger partial charge in [-0.1, -0.05) is 0 Å². The molecule has 5 aromatic rings. The molecule has 0 unspecified atom stereocenters. The summed E-state index contributed by atoms with van der Waals surface area (Å²) in [5.74, 6) is -2.31. The van der Waals surface area contributed by atoms with E-state index in [9.17, 15) is 13.6 Å². The molecule has 15 heteroatoms. The molecule has 50 heavy (non-hydrogen) atoms. The van der Waals surface area contributed by atoms with Crippen LogP contribution in [0.15, 0.2) is 90.5 Å². The minimum Gasteiger partial charge on any atom is -0.491 e. The molecule has 0 saturated carbocycles. The number of hydrogen-bond donors (Lipinski definition) is 0. The third kappa shape index (κ3) is 7.25. The van der Waals surface area contributed by atoms with Crippen molar-refractivity contribution in [1.29, 1.82) is 0 Å². The van der Waals surface area contributed by atoms with Gasteiger partial charge in [-0.3, -0.25) is 0 Å². The van der Waals surface area contributed by atoms with Gasteiger partial charge in [-0.2, -0.15) is 10.2 Å². The van der Waals surface area contributed by atoms with Gasteiger partial charge in [0.05, 0.1) is 25.4 Å². The Morgan fingerprint density at radius 3 is 2.26 bits per heavy atom. The van der Waals surface area contributed by atoms with Crippen LogP contribution >= 0.6 is 0 Å². The molecule has 0 bridgehead atoms. The van der Waals surface area contributed by atoms with Crippen LogP contribution in [-0.2, 0) is 33.1 Å². The van der Waals surface area contributed by atoms with Gasteiger partial charge in [0.2, 0.25) is 5.79 Å². The summed E-state index contributed by atoms with van der Waals surface area (Å²) >= 11 is 0. The smallest absolute Gasteiger partial charge is 0.350 e. The summed E-state index contributed by atoms with van der Waals surface area (Å²) in [6.45, 7) is 7.10. The van der Waals surface area contributed by atoms with Gasteiger partial charge in [-0.15, -0.1) is 0 Å². The fourth-order valence-corrected chi connectivity index (χ4v) is 6.23. The summed E-state index contributed by atoms with van der Waals surface area (Å²) in [7, 11) is 0. The van der Waals surface area contributed by atoms with Crippen molar-refractivity contribution in [3.63, 3.8) is 0 Å². The van der Waals surface area contributed by atoms with Crippen molar-refractivity contribution < 1.29 is 27.7 Å². The molecule has 2 fully saturated rings. The minimum absolute atomic E-state index is 0.0306. The molecule has 2 aliphatic rings. The van der Waals surface area contributed by atoms with Gasteiger partial charge < -0.3 is 28.7 Å². The van der Waals surface area contributed by atoms with Crippen molar-refractivity contribution in [2.45, 2.75) is 31.9 Å². The quantitative estimate of drug-likeness (QED) is 0.170.